The Morgan fingerprint density at radius 3 is 2.40 bits per heavy atom. The summed E-state index contributed by atoms with van der Waals surface area (Å²) in [6.07, 6.45) is 2.79. The zero-order valence-electron chi connectivity index (χ0n) is 15.5. The number of hydrogen-bond donors (Lipinski definition) is 2. The van der Waals surface area contributed by atoms with E-state index in [0.29, 0.717) is 16.9 Å². The molecule has 4 rings (SSSR count). The first-order chi connectivity index (χ1) is 14.4. The van der Waals surface area contributed by atoms with Gasteiger partial charge in [0, 0.05) is 23.7 Å². The predicted molar refractivity (Wildman–Crippen MR) is 113 cm³/mol. The van der Waals surface area contributed by atoms with E-state index in [-0.39, 0.29) is 16.5 Å². The van der Waals surface area contributed by atoms with Crippen molar-refractivity contribution < 1.29 is 18.0 Å². The van der Waals surface area contributed by atoms with E-state index in [4.69, 9.17) is 0 Å². The highest BCUT2D eigenvalue weighted by Crippen LogP contribution is 2.26. The Balaban J connectivity index is 1.46. The van der Waals surface area contributed by atoms with Gasteiger partial charge in [0.25, 0.3) is 10.0 Å². The van der Waals surface area contributed by atoms with Crippen molar-refractivity contribution in [2.24, 2.45) is 10.9 Å². The first-order valence-electron chi connectivity index (χ1n) is 8.96. The molecule has 8 nitrogen and oxygen atoms in total. The van der Waals surface area contributed by atoms with E-state index >= 15 is 0 Å². The number of carbonyl (C=O) groups excluding carboxylic acids is 2. The van der Waals surface area contributed by atoms with Gasteiger partial charge in [0.05, 0.1) is 10.6 Å². The molecule has 1 aliphatic heterocycles. The maximum absolute atomic E-state index is 12.6. The van der Waals surface area contributed by atoms with Gasteiger partial charge in [-0.05, 0) is 48.5 Å². The largest absolute Gasteiger partial charge is 0.325 e. The van der Waals surface area contributed by atoms with Crippen LogP contribution in [0.1, 0.15) is 10.4 Å². The molecule has 1 aliphatic rings. The number of pyridine rings is 1. The molecule has 0 fully saturated rings. The summed E-state index contributed by atoms with van der Waals surface area (Å²) in [6, 6.07) is 17.3. The van der Waals surface area contributed by atoms with E-state index in [0.717, 1.165) is 0 Å². The average molecular weight is 420 g/mol. The lowest BCUT2D eigenvalue weighted by Crippen LogP contribution is -2.32. The number of Topliss-reactive ketones (excluding diaryl/α,β-unsaturated/α-hetero) is 1. The molecule has 1 unspecified atom stereocenters. The highest BCUT2D eigenvalue weighted by atomic mass is 32.2. The Hall–Kier alpha value is -3.85. The third-order valence-corrected chi connectivity index (χ3v) is 5.80. The number of amides is 1. The Bertz CT molecular complexity index is 1240. The van der Waals surface area contributed by atoms with Crippen molar-refractivity contribution in [2.75, 3.05) is 10.0 Å². The molecular weight excluding hydrogens is 404 g/mol. The summed E-state index contributed by atoms with van der Waals surface area (Å²) in [6.45, 7) is 0. The molecule has 2 heterocycles. The number of nitrogens with zero attached hydrogens (tertiary/aromatic N) is 2. The smallest absolute Gasteiger partial charge is 0.263 e. The van der Waals surface area contributed by atoms with Gasteiger partial charge in [-0.2, -0.15) is 0 Å². The topological polar surface area (TPSA) is 118 Å². The Morgan fingerprint density at radius 2 is 1.67 bits per heavy atom. The van der Waals surface area contributed by atoms with Crippen LogP contribution < -0.4 is 10.0 Å². The highest BCUT2D eigenvalue weighted by molar-refractivity contribution is 7.92. The average Bonchev–Trinajstić information content (AvgIpc) is 2.75. The Labute approximate surface area is 172 Å². The summed E-state index contributed by atoms with van der Waals surface area (Å²) in [5.74, 6) is -1.73. The van der Waals surface area contributed by atoms with Crippen LogP contribution >= 0.6 is 0 Å². The van der Waals surface area contributed by atoms with Crippen LogP contribution in [0.4, 0.5) is 17.2 Å². The Morgan fingerprint density at radius 1 is 0.933 bits per heavy atom. The van der Waals surface area contributed by atoms with Crippen LogP contribution in [0.2, 0.25) is 0 Å². The van der Waals surface area contributed by atoms with Crippen LogP contribution in [-0.4, -0.2) is 31.3 Å². The van der Waals surface area contributed by atoms with Crippen molar-refractivity contribution >= 4 is 45.1 Å². The number of sulfonamides is 1. The van der Waals surface area contributed by atoms with E-state index in [2.05, 4.69) is 20.0 Å². The van der Waals surface area contributed by atoms with Crippen molar-refractivity contribution in [1.82, 2.24) is 4.98 Å². The summed E-state index contributed by atoms with van der Waals surface area (Å²) < 4.78 is 27.3. The number of carbonyl (C=O) groups is 2. The van der Waals surface area contributed by atoms with Crippen molar-refractivity contribution in [1.29, 1.82) is 0 Å². The van der Waals surface area contributed by atoms with Crippen LogP contribution in [0.3, 0.4) is 0 Å². The SMILES string of the molecule is O=C(Nc1ccc(S(=O)(=O)Nc2ccccn2)cc1)C1C=Nc2ccccc2C1=O. The fourth-order valence-electron chi connectivity index (χ4n) is 2.93. The molecule has 0 radical (unpaired) electrons. The third-order valence-electron chi connectivity index (χ3n) is 4.43. The lowest BCUT2D eigenvalue weighted by Gasteiger charge is -2.17. The fraction of sp³-hybridized carbons (Fsp3) is 0.0476. The van der Waals surface area contributed by atoms with E-state index in [1.54, 1.807) is 36.4 Å². The van der Waals surface area contributed by atoms with E-state index in [9.17, 15) is 18.0 Å². The number of anilines is 2. The zero-order chi connectivity index (χ0) is 21.1. The number of para-hydroxylation sites is 1. The summed E-state index contributed by atoms with van der Waals surface area (Å²) in [5, 5.41) is 2.62. The van der Waals surface area contributed by atoms with Gasteiger partial charge in [-0.25, -0.2) is 13.4 Å². The van der Waals surface area contributed by atoms with Crippen molar-refractivity contribution in [3.63, 3.8) is 0 Å². The minimum atomic E-state index is -3.82. The first kappa shape index (κ1) is 19.5. The highest BCUT2D eigenvalue weighted by Gasteiger charge is 2.30. The summed E-state index contributed by atoms with van der Waals surface area (Å²) in [7, 11) is -3.82. The molecule has 9 heteroatoms. The zero-order valence-corrected chi connectivity index (χ0v) is 16.3. The number of aliphatic imine (C=N–C) groups is 1. The quantitative estimate of drug-likeness (QED) is 0.615. The van der Waals surface area contributed by atoms with Crippen molar-refractivity contribution in [2.45, 2.75) is 4.90 Å². The van der Waals surface area contributed by atoms with Crippen LogP contribution in [0.15, 0.2) is 82.8 Å². The van der Waals surface area contributed by atoms with Crippen LogP contribution in [-0.2, 0) is 14.8 Å². The van der Waals surface area contributed by atoms with Crippen LogP contribution in [0.5, 0.6) is 0 Å². The van der Waals surface area contributed by atoms with Gasteiger partial charge in [0.1, 0.15) is 11.7 Å². The summed E-state index contributed by atoms with van der Waals surface area (Å²) in [5.41, 5.74) is 1.28. The molecule has 1 amide bonds. The molecule has 30 heavy (non-hydrogen) atoms. The molecule has 2 N–H and O–H groups in total. The minimum Gasteiger partial charge on any atom is -0.325 e. The molecule has 1 atom stereocenters. The number of hydrogen-bond acceptors (Lipinski definition) is 6. The molecular formula is C21H16N4O4S. The Kier molecular flexibility index (Phi) is 5.11. The van der Waals surface area contributed by atoms with Crippen LogP contribution in [0, 0.1) is 5.92 Å². The number of aromatic nitrogens is 1. The normalized spacial score (nSPS) is 15.3. The van der Waals surface area contributed by atoms with Gasteiger partial charge in [0.15, 0.2) is 5.78 Å². The molecule has 2 aromatic carbocycles. The number of rotatable bonds is 5. The van der Waals surface area contributed by atoms with Gasteiger partial charge >= 0.3 is 0 Å². The van der Waals surface area contributed by atoms with E-state index in [1.165, 1.54) is 42.7 Å². The predicted octanol–water partition coefficient (Wildman–Crippen LogP) is 3.04. The molecule has 0 saturated heterocycles. The maximum atomic E-state index is 12.6. The maximum Gasteiger partial charge on any atom is 0.263 e. The number of benzene rings is 2. The van der Waals surface area contributed by atoms with Crippen molar-refractivity contribution in [3.05, 3.63) is 78.5 Å². The van der Waals surface area contributed by atoms with Gasteiger partial charge < -0.3 is 5.32 Å². The second-order valence-electron chi connectivity index (χ2n) is 6.47. The van der Waals surface area contributed by atoms with Gasteiger partial charge in [-0.3, -0.25) is 19.3 Å². The summed E-state index contributed by atoms with van der Waals surface area (Å²) >= 11 is 0. The number of ketones is 1. The number of fused-ring (bicyclic) bond motifs is 1. The van der Waals surface area contributed by atoms with Crippen LogP contribution in [0.25, 0.3) is 0 Å². The molecule has 0 aliphatic carbocycles. The van der Waals surface area contributed by atoms with Crippen molar-refractivity contribution in [3.8, 4) is 0 Å². The van der Waals surface area contributed by atoms with Gasteiger partial charge in [-0.1, -0.05) is 18.2 Å². The van der Waals surface area contributed by atoms with Gasteiger partial charge in [0.2, 0.25) is 5.91 Å². The second-order valence-corrected chi connectivity index (χ2v) is 8.15. The summed E-state index contributed by atoms with van der Waals surface area (Å²) in [4.78, 5) is 33.2. The first-order valence-corrected chi connectivity index (χ1v) is 10.4. The van der Waals surface area contributed by atoms with Gasteiger partial charge in [-0.15, -0.1) is 0 Å². The minimum absolute atomic E-state index is 0.00962. The molecule has 1 aromatic heterocycles. The number of nitrogens with one attached hydrogen (secondary N) is 2. The second kappa shape index (κ2) is 7.88. The standard InChI is InChI=1S/C21H16N4O4S/c26-20-16-5-1-2-6-18(16)23-13-17(20)21(27)24-14-8-10-15(11-9-14)30(28,29)25-19-7-3-4-12-22-19/h1-13,17H,(H,22,25)(H,24,27). The van der Waals surface area contributed by atoms with E-state index in [1.807, 2.05) is 0 Å². The lowest BCUT2D eigenvalue weighted by atomic mass is 9.94. The van der Waals surface area contributed by atoms with E-state index < -0.39 is 21.8 Å². The molecule has 3 aromatic rings. The molecule has 0 saturated carbocycles. The lowest BCUT2D eigenvalue weighted by molar-refractivity contribution is -0.116. The third kappa shape index (κ3) is 3.96. The fourth-order valence-corrected chi connectivity index (χ4v) is 3.94. The molecule has 150 valence electrons. The molecule has 0 bridgehead atoms. The monoisotopic (exact) mass is 420 g/mol. The molecule has 0 spiro atoms.